The summed E-state index contributed by atoms with van der Waals surface area (Å²) in [7, 11) is 0. The number of hydrogen-bond donors (Lipinski definition) is 0. The predicted molar refractivity (Wildman–Crippen MR) is 52.3 cm³/mol. The molecule has 2 aromatic rings. The molecule has 0 saturated heterocycles. The summed E-state index contributed by atoms with van der Waals surface area (Å²) in [5.41, 5.74) is 0.821. The summed E-state index contributed by atoms with van der Waals surface area (Å²) in [6.45, 7) is 0. The van der Waals surface area contributed by atoms with E-state index in [0.717, 1.165) is 0 Å². The largest absolute Gasteiger partial charge is 0.463 e. The van der Waals surface area contributed by atoms with E-state index in [1.54, 1.807) is 18.2 Å². The molecule has 0 amide bonds. The highest BCUT2D eigenvalue weighted by Crippen LogP contribution is 2.25. The molecule has 0 unspecified atom stereocenters. The van der Waals surface area contributed by atoms with Crippen molar-refractivity contribution < 1.29 is 9.21 Å². The smallest absolute Gasteiger partial charge is 0.153 e. The van der Waals surface area contributed by atoms with Crippen molar-refractivity contribution in [3.8, 4) is 11.5 Å². The predicted octanol–water partition coefficient (Wildman–Crippen LogP) is 2.81. The highest BCUT2D eigenvalue weighted by Gasteiger charge is 2.11. The van der Waals surface area contributed by atoms with Crippen LogP contribution in [-0.2, 0) is 0 Å². The van der Waals surface area contributed by atoms with Crippen LogP contribution in [-0.4, -0.2) is 11.3 Å². The van der Waals surface area contributed by atoms with Crippen molar-refractivity contribution >= 4 is 17.9 Å². The second kappa shape index (κ2) is 3.64. The first-order chi connectivity index (χ1) is 6.83. The quantitative estimate of drug-likeness (QED) is 0.712. The number of furan rings is 1. The van der Waals surface area contributed by atoms with Gasteiger partial charge in [0, 0.05) is 6.20 Å². The first-order valence-electron chi connectivity index (χ1n) is 3.96. The van der Waals surface area contributed by atoms with Crippen LogP contribution in [0.15, 0.2) is 35.1 Å². The third-order valence-electron chi connectivity index (χ3n) is 1.81. The second-order valence-electron chi connectivity index (χ2n) is 2.65. The first-order valence-corrected chi connectivity index (χ1v) is 4.34. The lowest BCUT2D eigenvalue weighted by atomic mass is 10.2. The van der Waals surface area contributed by atoms with E-state index < -0.39 is 0 Å². The minimum absolute atomic E-state index is 0.351. The summed E-state index contributed by atoms with van der Waals surface area (Å²) >= 11 is 5.83. The summed E-state index contributed by atoms with van der Waals surface area (Å²) in [6, 6.07) is 5.02. The number of hydrogen-bond acceptors (Lipinski definition) is 3. The van der Waals surface area contributed by atoms with Crippen molar-refractivity contribution in [2.24, 2.45) is 0 Å². The van der Waals surface area contributed by atoms with Crippen LogP contribution in [0, 0.1) is 0 Å². The van der Waals surface area contributed by atoms with E-state index in [9.17, 15) is 4.79 Å². The zero-order valence-electron chi connectivity index (χ0n) is 7.11. The molecule has 0 saturated carbocycles. The molecule has 14 heavy (non-hydrogen) atoms. The van der Waals surface area contributed by atoms with Gasteiger partial charge in [-0.1, -0.05) is 11.6 Å². The molecule has 0 aromatic carbocycles. The zero-order chi connectivity index (χ0) is 9.97. The summed E-state index contributed by atoms with van der Waals surface area (Å²) in [6.07, 6.45) is 3.73. The number of pyridine rings is 1. The van der Waals surface area contributed by atoms with Gasteiger partial charge in [-0.3, -0.25) is 9.78 Å². The van der Waals surface area contributed by atoms with Crippen LogP contribution >= 0.6 is 11.6 Å². The topological polar surface area (TPSA) is 43.1 Å². The summed E-state index contributed by atoms with van der Waals surface area (Å²) in [5, 5.41) is 0.376. The number of rotatable bonds is 2. The van der Waals surface area contributed by atoms with E-state index >= 15 is 0 Å². The molecule has 2 aromatic heterocycles. The van der Waals surface area contributed by atoms with Gasteiger partial charge in [0.2, 0.25) is 0 Å². The maximum Gasteiger partial charge on any atom is 0.153 e. The lowest BCUT2D eigenvalue weighted by molar-refractivity contribution is 0.112. The molecule has 2 heterocycles. The van der Waals surface area contributed by atoms with Gasteiger partial charge in [0.25, 0.3) is 0 Å². The van der Waals surface area contributed by atoms with E-state index in [1.807, 2.05) is 0 Å². The number of halogens is 1. The molecular formula is C10H6ClNO2. The molecular weight excluding hydrogens is 202 g/mol. The number of aldehydes is 1. The van der Waals surface area contributed by atoms with Gasteiger partial charge in [-0.2, -0.15) is 0 Å². The third-order valence-corrected chi connectivity index (χ3v) is 2.14. The van der Waals surface area contributed by atoms with Gasteiger partial charge in [-0.25, -0.2) is 0 Å². The van der Waals surface area contributed by atoms with Crippen molar-refractivity contribution in [3.05, 3.63) is 41.2 Å². The third kappa shape index (κ3) is 1.42. The molecule has 0 aliphatic carbocycles. The lowest BCUT2D eigenvalue weighted by Crippen LogP contribution is -1.91. The Balaban J connectivity index is 2.64. The zero-order valence-corrected chi connectivity index (χ0v) is 7.86. The summed E-state index contributed by atoms with van der Waals surface area (Å²) in [5.74, 6) is 0.537. The average molecular weight is 208 g/mol. The Morgan fingerprint density at radius 3 is 2.93 bits per heavy atom. The normalized spacial score (nSPS) is 10.1. The molecule has 70 valence electrons. The Kier molecular flexibility index (Phi) is 2.33. The molecule has 0 N–H and O–H groups in total. The fourth-order valence-corrected chi connectivity index (χ4v) is 1.36. The van der Waals surface area contributed by atoms with Crippen molar-refractivity contribution in [2.75, 3.05) is 0 Å². The fraction of sp³-hybridized carbons (Fsp3) is 0. The SMILES string of the molecule is O=Cc1c(Cl)ccnc1-c1ccco1. The van der Waals surface area contributed by atoms with Gasteiger partial charge in [-0.05, 0) is 18.2 Å². The summed E-state index contributed by atoms with van der Waals surface area (Å²) in [4.78, 5) is 14.8. The fourth-order valence-electron chi connectivity index (χ4n) is 1.17. The van der Waals surface area contributed by atoms with Crippen molar-refractivity contribution in [1.29, 1.82) is 0 Å². The van der Waals surface area contributed by atoms with Crippen molar-refractivity contribution in [1.82, 2.24) is 4.98 Å². The van der Waals surface area contributed by atoms with E-state index in [2.05, 4.69) is 4.98 Å². The number of nitrogens with zero attached hydrogens (tertiary/aromatic N) is 1. The molecule has 0 aliphatic rings. The number of aromatic nitrogens is 1. The Labute approximate surface area is 85.3 Å². The van der Waals surface area contributed by atoms with Crippen LogP contribution in [0.4, 0.5) is 0 Å². The molecule has 0 radical (unpaired) electrons. The Morgan fingerprint density at radius 1 is 1.43 bits per heavy atom. The maximum absolute atomic E-state index is 10.8. The molecule has 0 spiro atoms. The molecule has 3 nitrogen and oxygen atoms in total. The van der Waals surface area contributed by atoms with Crippen LogP contribution in [0.5, 0.6) is 0 Å². The molecule has 2 rings (SSSR count). The minimum Gasteiger partial charge on any atom is -0.463 e. The molecule has 0 aliphatic heterocycles. The molecule has 4 heteroatoms. The summed E-state index contributed by atoms with van der Waals surface area (Å²) < 4.78 is 5.14. The second-order valence-corrected chi connectivity index (χ2v) is 3.06. The van der Waals surface area contributed by atoms with Crippen molar-refractivity contribution in [2.45, 2.75) is 0 Å². The van der Waals surface area contributed by atoms with Gasteiger partial charge >= 0.3 is 0 Å². The Hall–Kier alpha value is -1.61. The minimum atomic E-state index is 0.351. The highest BCUT2D eigenvalue weighted by molar-refractivity contribution is 6.33. The molecule has 0 atom stereocenters. The Morgan fingerprint density at radius 2 is 2.29 bits per heavy atom. The van der Waals surface area contributed by atoms with Gasteiger partial charge in [0.15, 0.2) is 12.0 Å². The molecule has 0 fully saturated rings. The van der Waals surface area contributed by atoms with Crippen LogP contribution in [0.3, 0.4) is 0 Å². The first kappa shape index (κ1) is 8.97. The van der Waals surface area contributed by atoms with Crippen LogP contribution < -0.4 is 0 Å². The van der Waals surface area contributed by atoms with Gasteiger partial charge in [-0.15, -0.1) is 0 Å². The van der Waals surface area contributed by atoms with E-state index in [4.69, 9.17) is 16.0 Å². The maximum atomic E-state index is 10.8. The van der Waals surface area contributed by atoms with Crippen LogP contribution in [0.2, 0.25) is 5.02 Å². The van der Waals surface area contributed by atoms with Crippen molar-refractivity contribution in [3.63, 3.8) is 0 Å². The number of carbonyl (C=O) groups excluding carboxylic acids is 1. The van der Waals surface area contributed by atoms with Gasteiger partial charge < -0.3 is 4.42 Å². The van der Waals surface area contributed by atoms with Gasteiger partial charge in [0.05, 0.1) is 16.8 Å². The van der Waals surface area contributed by atoms with Crippen LogP contribution in [0.25, 0.3) is 11.5 Å². The highest BCUT2D eigenvalue weighted by atomic mass is 35.5. The average Bonchev–Trinajstić information content (AvgIpc) is 2.70. The number of carbonyl (C=O) groups is 1. The standard InChI is InChI=1S/C10H6ClNO2/c11-8-3-4-12-10(7(8)6-13)9-2-1-5-14-9/h1-6H. The van der Waals surface area contributed by atoms with E-state index in [0.29, 0.717) is 28.3 Å². The van der Waals surface area contributed by atoms with E-state index in [1.165, 1.54) is 12.5 Å². The van der Waals surface area contributed by atoms with E-state index in [-0.39, 0.29) is 0 Å². The lowest BCUT2D eigenvalue weighted by Gasteiger charge is -2.01. The monoisotopic (exact) mass is 207 g/mol. The van der Waals surface area contributed by atoms with Crippen LogP contribution in [0.1, 0.15) is 10.4 Å². The van der Waals surface area contributed by atoms with Gasteiger partial charge in [0.1, 0.15) is 5.69 Å². The Bertz CT molecular complexity index is 451. The molecule has 0 bridgehead atoms.